The Bertz CT molecular complexity index is 225. The second-order valence-electron chi connectivity index (χ2n) is 2.44. The molecule has 0 unspecified atom stereocenters. The van der Waals surface area contributed by atoms with Crippen LogP contribution < -0.4 is 16.1 Å². The zero-order chi connectivity index (χ0) is 9.68. The molecule has 0 aromatic heterocycles. The highest BCUT2D eigenvalue weighted by Gasteiger charge is 2.10. The van der Waals surface area contributed by atoms with Crippen LogP contribution in [-0.2, 0) is 0 Å². The van der Waals surface area contributed by atoms with E-state index in [-0.39, 0.29) is 0 Å². The zero-order valence-corrected chi connectivity index (χ0v) is 8.52. The van der Waals surface area contributed by atoms with Crippen LogP contribution >= 0.6 is 11.8 Å². The maximum atomic E-state index is 5.76. The summed E-state index contributed by atoms with van der Waals surface area (Å²) in [4.78, 5) is 4.15. The van der Waals surface area contributed by atoms with E-state index in [0.29, 0.717) is 12.5 Å². The van der Waals surface area contributed by atoms with Gasteiger partial charge in [0.2, 0.25) is 5.96 Å². The molecule has 0 aliphatic carbocycles. The van der Waals surface area contributed by atoms with Crippen LogP contribution in [0.3, 0.4) is 0 Å². The molecule has 13 heavy (non-hydrogen) atoms. The van der Waals surface area contributed by atoms with Gasteiger partial charge in [0.05, 0.1) is 6.20 Å². The molecule has 0 amide bonds. The molecule has 3 N–H and O–H groups in total. The van der Waals surface area contributed by atoms with Crippen molar-refractivity contribution in [2.24, 2.45) is 4.99 Å². The maximum absolute atomic E-state index is 5.76. The van der Waals surface area contributed by atoms with E-state index in [1.807, 2.05) is 13.8 Å². The number of nitrogens with one attached hydrogen (secondary N) is 3. The Hall–Kier alpha value is -1.10. The van der Waals surface area contributed by atoms with Crippen LogP contribution in [0.25, 0.3) is 0 Å². The Morgan fingerprint density at radius 2 is 2.38 bits per heavy atom. The first kappa shape index (κ1) is 9.98. The highest BCUT2D eigenvalue weighted by atomic mass is 35.5. The molecular formula is C7H14ClN5. The molecule has 1 rings (SSSR count). The molecule has 1 aliphatic heterocycles. The van der Waals surface area contributed by atoms with Crippen LogP contribution in [0, 0.1) is 0 Å². The summed E-state index contributed by atoms with van der Waals surface area (Å²) < 4.78 is 1.34. The van der Waals surface area contributed by atoms with Crippen molar-refractivity contribution in [3.05, 3.63) is 12.0 Å². The van der Waals surface area contributed by atoms with Crippen molar-refractivity contribution in [2.75, 3.05) is 13.1 Å². The Morgan fingerprint density at radius 3 is 3.00 bits per heavy atom. The first-order valence-corrected chi connectivity index (χ1v) is 4.59. The van der Waals surface area contributed by atoms with Crippen LogP contribution in [0.5, 0.6) is 0 Å². The standard InChI is InChI=1S/C7H14ClN5/c1-3-9-6-5-13(8)12-7(11-6)10-4-2/h5,9H,3-4H2,1-2H3,(H2,10,11,12). The second-order valence-corrected chi connectivity index (χ2v) is 2.81. The van der Waals surface area contributed by atoms with Gasteiger partial charge in [-0.2, -0.15) is 4.53 Å². The molecule has 0 spiro atoms. The minimum absolute atomic E-state index is 0.649. The van der Waals surface area contributed by atoms with Crippen molar-refractivity contribution < 1.29 is 0 Å². The van der Waals surface area contributed by atoms with E-state index in [4.69, 9.17) is 11.8 Å². The van der Waals surface area contributed by atoms with E-state index < -0.39 is 0 Å². The molecule has 0 bridgehead atoms. The number of hydrogen-bond acceptors (Lipinski definition) is 3. The van der Waals surface area contributed by atoms with Gasteiger partial charge in [-0.05, 0) is 13.8 Å². The van der Waals surface area contributed by atoms with E-state index in [9.17, 15) is 0 Å². The van der Waals surface area contributed by atoms with Crippen LogP contribution in [0.1, 0.15) is 13.8 Å². The highest BCUT2D eigenvalue weighted by molar-refractivity contribution is 6.14. The third-order valence-electron chi connectivity index (χ3n) is 1.39. The van der Waals surface area contributed by atoms with E-state index in [0.717, 1.165) is 12.4 Å². The van der Waals surface area contributed by atoms with Crippen molar-refractivity contribution in [2.45, 2.75) is 13.8 Å². The van der Waals surface area contributed by atoms with E-state index in [1.165, 1.54) is 4.53 Å². The fraction of sp³-hybridized carbons (Fsp3) is 0.571. The fourth-order valence-electron chi connectivity index (χ4n) is 0.948. The molecule has 0 atom stereocenters. The summed E-state index contributed by atoms with van der Waals surface area (Å²) in [6, 6.07) is 0. The van der Waals surface area contributed by atoms with Gasteiger partial charge in [0.1, 0.15) is 5.82 Å². The normalized spacial score (nSPS) is 19.2. The molecule has 1 heterocycles. The molecule has 1 aliphatic rings. The van der Waals surface area contributed by atoms with Gasteiger partial charge in [-0.3, -0.25) is 10.4 Å². The number of rotatable bonds is 3. The number of aliphatic imine (C=N–C) groups is 1. The van der Waals surface area contributed by atoms with Crippen molar-refractivity contribution >= 4 is 17.7 Å². The van der Waals surface area contributed by atoms with Gasteiger partial charge >= 0.3 is 0 Å². The molecule has 0 aromatic carbocycles. The van der Waals surface area contributed by atoms with Crippen LogP contribution in [-0.4, -0.2) is 23.6 Å². The lowest BCUT2D eigenvalue weighted by atomic mass is 10.6. The second kappa shape index (κ2) is 4.81. The first-order chi connectivity index (χ1) is 6.26. The Kier molecular flexibility index (Phi) is 3.70. The summed E-state index contributed by atoms with van der Waals surface area (Å²) in [5, 5.41) is 6.15. The van der Waals surface area contributed by atoms with Gasteiger partial charge in [-0.15, -0.1) is 0 Å². The summed E-state index contributed by atoms with van der Waals surface area (Å²) in [7, 11) is 0. The molecule has 74 valence electrons. The van der Waals surface area contributed by atoms with Gasteiger partial charge < -0.3 is 10.6 Å². The average molecular weight is 204 g/mol. The Labute approximate surface area is 82.9 Å². The third kappa shape index (κ3) is 3.02. The topological polar surface area (TPSA) is 51.7 Å². The molecule has 0 saturated heterocycles. The van der Waals surface area contributed by atoms with Gasteiger partial charge in [0.25, 0.3) is 0 Å². The Balaban J connectivity index is 2.61. The van der Waals surface area contributed by atoms with Gasteiger partial charge in [-0.25, -0.2) is 0 Å². The van der Waals surface area contributed by atoms with Crippen molar-refractivity contribution in [3.63, 3.8) is 0 Å². The predicted molar refractivity (Wildman–Crippen MR) is 53.7 cm³/mol. The smallest absolute Gasteiger partial charge is 0.217 e. The summed E-state index contributed by atoms with van der Waals surface area (Å²) >= 11 is 5.76. The third-order valence-corrected chi connectivity index (χ3v) is 1.57. The molecule has 6 heteroatoms. The van der Waals surface area contributed by atoms with Crippen molar-refractivity contribution in [3.8, 4) is 0 Å². The van der Waals surface area contributed by atoms with Crippen LogP contribution in [0.15, 0.2) is 17.0 Å². The lowest BCUT2D eigenvalue weighted by Crippen LogP contribution is -2.49. The predicted octanol–water partition coefficient (Wildman–Crippen LogP) is 0.334. The molecule has 0 radical (unpaired) electrons. The summed E-state index contributed by atoms with van der Waals surface area (Å²) in [5.41, 5.74) is 2.83. The highest BCUT2D eigenvalue weighted by Crippen LogP contribution is 1.98. The molecule has 0 fully saturated rings. The molecular weight excluding hydrogens is 190 g/mol. The van der Waals surface area contributed by atoms with E-state index >= 15 is 0 Å². The van der Waals surface area contributed by atoms with Crippen LogP contribution in [0.2, 0.25) is 0 Å². The van der Waals surface area contributed by atoms with E-state index in [1.54, 1.807) is 6.20 Å². The molecule has 0 aromatic rings. The lowest BCUT2D eigenvalue weighted by molar-refractivity contribution is 0.500. The number of halogens is 1. The monoisotopic (exact) mass is 203 g/mol. The lowest BCUT2D eigenvalue weighted by Gasteiger charge is -2.25. The SMILES string of the molecule is CCN=C1NC(NCC)=CN(Cl)N1. The number of guanidine groups is 1. The number of nitrogens with zero attached hydrogens (tertiary/aromatic N) is 2. The number of hydrazine groups is 1. The molecule has 0 saturated carbocycles. The quantitative estimate of drug-likeness (QED) is 0.579. The zero-order valence-electron chi connectivity index (χ0n) is 7.76. The first-order valence-electron chi connectivity index (χ1n) is 4.25. The van der Waals surface area contributed by atoms with Gasteiger partial charge in [-0.1, -0.05) is 0 Å². The largest absolute Gasteiger partial charge is 0.371 e. The van der Waals surface area contributed by atoms with Gasteiger partial charge in [0.15, 0.2) is 0 Å². The maximum Gasteiger partial charge on any atom is 0.217 e. The minimum atomic E-state index is 0.649. The fourth-order valence-corrected chi connectivity index (χ4v) is 1.13. The van der Waals surface area contributed by atoms with Crippen molar-refractivity contribution in [1.82, 2.24) is 20.6 Å². The minimum Gasteiger partial charge on any atom is -0.371 e. The van der Waals surface area contributed by atoms with Gasteiger partial charge in [0, 0.05) is 24.9 Å². The Morgan fingerprint density at radius 1 is 1.62 bits per heavy atom. The van der Waals surface area contributed by atoms with E-state index in [2.05, 4.69) is 21.1 Å². The average Bonchev–Trinajstić information content (AvgIpc) is 2.04. The van der Waals surface area contributed by atoms with Crippen LogP contribution in [0.4, 0.5) is 0 Å². The summed E-state index contributed by atoms with van der Waals surface area (Å²) in [6.45, 7) is 5.52. The molecule has 5 nitrogen and oxygen atoms in total. The summed E-state index contributed by atoms with van der Waals surface area (Å²) in [5.74, 6) is 1.49. The van der Waals surface area contributed by atoms with Crippen molar-refractivity contribution in [1.29, 1.82) is 0 Å². The summed E-state index contributed by atoms with van der Waals surface area (Å²) in [6.07, 6.45) is 1.71. The number of hydrogen-bond donors (Lipinski definition) is 3.